The molecule has 0 unspecified atom stereocenters. The van der Waals surface area contributed by atoms with Crippen LogP contribution < -0.4 is 9.88 Å². The molecule has 0 spiro atoms. The Kier molecular flexibility index (Phi) is 5.99. The van der Waals surface area contributed by atoms with Crippen LogP contribution in [-0.2, 0) is 10.0 Å². The summed E-state index contributed by atoms with van der Waals surface area (Å²) in [4.78, 5) is 11.5. The molecule has 8 nitrogen and oxygen atoms in total. The lowest BCUT2D eigenvalue weighted by Gasteiger charge is -2.11. The van der Waals surface area contributed by atoms with Crippen LogP contribution in [0.1, 0.15) is 17.4 Å². The molecule has 0 radical (unpaired) electrons. The van der Waals surface area contributed by atoms with Gasteiger partial charge < -0.3 is 9.84 Å². The molecule has 11 heteroatoms. The molecule has 0 aliphatic heterocycles. The summed E-state index contributed by atoms with van der Waals surface area (Å²) in [6, 6.07) is 10.7. The van der Waals surface area contributed by atoms with E-state index in [0.717, 1.165) is 0 Å². The van der Waals surface area contributed by atoms with Crippen molar-refractivity contribution in [3.05, 3.63) is 57.7 Å². The van der Waals surface area contributed by atoms with Crippen LogP contribution in [0.3, 0.4) is 0 Å². The molecule has 0 aliphatic carbocycles. The van der Waals surface area contributed by atoms with Gasteiger partial charge in [0, 0.05) is 5.56 Å². The summed E-state index contributed by atoms with van der Waals surface area (Å²) in [6.07, 6.45) is 0. The maximum atomic E-state index is 11.6. The number of aromatic nitrogens is 2. The number of carboxylic acid groups (broad SMARTS) is 1. The number of aromatic carboxylic acids is 1. The summed E-state index contributed by atoms with van der Waals surface area (Å²) in [5.41, 5.74) is 0.992. The summed E-state index contributed by atoms with van der Waals surface area (Å²) >= 11 is 9.76. The molecule has 3 rings (SSSR count). The maximum Gasteiger partial charge on any atom is 0.358 e. The maximum absolute atomic E-state index is 11.6. The summed E-state index contributed by atoms with van der Waals surface area (Å²) < 4.78 is 30.4. The van der Waals surface area contributed by atoms with Crippen LogP contribution >= 0.6 is 27.5 Å². The number of primary sulfonamides is 1. The van der Waals surface area contributed by atoms with E-state index in [4.69, 9.17) is 21.5 Å². The van der Waals surface area contributed by atoms with E-state index in [0.29, 0.717) is 33.8 Å². The molecular weight excluding hydrogens is 486 g/mol. The minimum Gasteiger partial charge on any atom is -0.493 e. The van der Waals surface area contributed by atoms with E-state index in [9.17, 15) is 18.3 Å². The lowest BCUT2D eigenvalue weighted by Crippen LogP contribution is -2.12. The zero-order valence-electron chi connectivity index (χ0n) is 15.0. The third kappa shape index (κ3) is 4.30. The SMILES string of the molecule is CCOc1ccc(-c2c(Cl)c(C(=O)O)nn2-c2ccc(S(N)(=O)=O)cc2)cc1Br. The summed E-state index contributed by atoms with van der Waals surface area (Å²) in [6.45, 7) is 2.34. The first kappa shape index (κ1) is 21.3. The second-order valence-electron chi connectivity index (χ2n) is 5.85. The Bertz CT molecular complexity index is 1190. The fourth-order valence-corrected chi connectivity index (χ4v) is 3.99. The summed E-state index contributed by atoms with van der Waals surface area (Å²) in [5, 5.41) is 18.6. The molecule has 29 heavy (non-hydrogen) atoms. The minimum atomic E-state index is -3.87. The highest BCUT2D eigenvalue weighted by atomic mass is 79.9. The van der Waals surface area contributed by atoms with Crippen molar-refractivity contribution in [1.29, 1.82) is 0 Å². The van der Waals surface area contributed by atoms with Crippen molar-refractivity contribution >= 4 is 43.5 Å². The fraction of sp³-hybridized carbons (Fsp3) is 0.111. The van der Waals surface area contributed by atoms with E-state index >= 15 is 0 Å². The largest absolute Gasteiger partial charge is 0.493 e. The highest BCUT2D eigenvalue weighted by molar-refractivity contribution is 9.10. The average molecular weight is 501 g/mol. The van der Waals surface area contributed by atoms with Crippen LogP contribution in [0.5, 0.6) is 5.75 Å². The van der Waals surface area contributed by atoms with Gasteiger partial charge in [0.05, 0.1) is 27.4 Å². The number of hydrogen-bond acceptors (Lipinski definition) is 5. The molecule has 2 aromatic carbocycles. The number of carbonyl (C=O) groups is 1. The Hall–Kier alpha value is -2.40. The monoisotopic (exact) mass is 499 g/mol. The molecule has 0 aliphatic rings. The Balaban J connectivity index is 2.20. The van der Waals surface area contributed by atoms with E-state index in [-0.39, 0.29) is 15.6 Å². The van der Waals surface area contributed by atoms with E-state index in [2.05, 4.69) is 21.0 Å². The number of sulfonamides is 1. The van der Waals surface area contributed by atoms with Crippen LogP contribution in [0, 0.1) is 0 Å². The molecule has 0 fully saturated rings. The third-order valence-electron chi connectivity index (χ3n) is 3.95. The minimum absolute atomic E-state index is 0.0518. The van der Waals surface area contributed by atoms with Crippen LogP contribution in [-0.4, -0.2) is 35.9 Å². The van der Waals surface area contributed by atoms with Gasteiger partial charge in [0.2, 0.25) is 10.0 Å². The summed E-state index contributed by atoms with van der Waals surface area (Å²) in [5.74, 6) is -0.671. The van der Waals surface area contributed by atoms with Crippen molar-refractivity contribution in [3.8, 4) is 22.7 Å². The topological polar surface area (TPSA) is 125 Å². The predicted octanol–water partition coefficient (Wildman–Crippen LogP) is 3.70. The highest BCUT2D eigenvalue weighted by Crippen LogP contribution is 2.37. The van der Waals surface area contributed by atoms with Crippen LogP contribution in [0.15, 0.2) is 51.8 Å². The quantitative estimate of drug-likeness (QED) is 0.532. The zero-order chi connectivity index (χ0) is 21.3. The molecule has 1 aromatic heterocycles. The number of carboxylic acids is 1. The molecule has 0 bridgehead atoms. The van der Waals surface area contributed by atoms with E-state index < -0.39 is 16.0 Å². The number of rotatable bonds is 6. The third-order valence-corrected chi connectivity index (χ3v) is 5.85. The smallest absolute Gasteiger partial charge is 0.358 e. The van der Waals surface area contributed by atoms with Crippen molar-refractivity contribution in [2.75, 3.05) is 6.61 Å². The molecular formula is C18H15BrClN3O5S. The Morgan fingerprint density at radius 1 is 1.28 bits per heavy atom. The second-order valence-corrected chi connectivity index (χ2v) is 8.64. The number of benzene rings is 2. The number of nitrogens with two attached hydrogens (primary N) is 1. The zero-order valence-corrected chi connectivity index (χ0v) is 18.1. The van der Waals surface area contributed by atoms with Gasteiger partial charge in [-0.05, 0) is 65.3 Å². The van der Waals surface area contributed by atoms with Crippen LogP contribution in [0.25, 0.3) is 16.9 Å². The standard InChI is InChI=1S/C18H15BrClN3O5S/c1-2-28-14-8-3-10(9-13(14)19)17-15(20)16(18(24)25)22-23(17)11-4-6-12(7-5-11)29(21,26)27/h3-9H,2H2,1H3,(H,24,25)(H2,21,26,27). The van der Waals surface area contributed by atoms with Gasteiger partial charge in [0.15, 0.2) is 5.69 Å². The lowest BCUT2D eigenvalue weighted by atomic mass is 10.1. The van der Waals surface area contributed by atoms with Crippen LogP contribution in [0.2, 0.25) is 5.02 Å². The number of ether oxygens (including phenoxy) is 1. The lowest BCUT2D eigenvalue weighted by molar-refractivity contribution is 0.0690. The molecule has 0 saturated carbocycles. The predicted molar refractivity (Wildman–Crippen MR) is 111 cm³/mol. The van der Waals surface area contributed by atoms with Gasteiger partial charge in [0.25, 0.3) is 0 Å². The average Bonchev–Trinajstić information content (AvgIpc) is 3.00. The first-order valence-electron chi connectivity index (χ1n) is 8.21. The van der Waals surface area contributed by atoms with Gasteiger partial charge in [-0.1, -0.05) is 11.6 Å². The number of nitrogens with zero attached hydrogens (tertiary/aromatic N) is 2. The van der Waals surface area contributed by atoms with Gasteiger partial charge in [-0.3, -0.25) is 0 Å². The Morgan fingerprint density at radius 2 is 1.93 bits per heavy atom. The first-order chi connectivity index (χ1) is 13.6. The number of halogens is 2. The fourth-order valence-electron chi connectivity index (χ4n) is 2.67. The molecule has 3 aromatic rings. The van der Waals surface area contributed by atoms with Gasteiger partial charge in [0.1, 0.15) is 10.8 Å². The van der Waals surface area contributed by atoms with Crippen molar-refractivity contribution in [2.24, 2.45) is 5.14 Å². The summed E-state index contributed by atoms with van der Waals surface area (Å²) in [7, 11) is -3.87. The number of hydrogen-bond donors (Lipinski definition) is 2. The molecule has 0 atom stereocenters. The molecule has 152 valence electrons. The van der Waals surface area contributed by atoms with Crippen molar-refractivity contribution in [2.45, 2.75) is 11.8 Å². The molecule has 0 amide bonds. The molecule has 1 heterocycles. The van der Waals surface area contributed by atoms with E-state index in [1.807, 2.05) is 6.92 Å². The van der Waals surface area contributed by atoms with Crippen molar-refractivity contribution in [1.82, 2.24) is 9.78 Å². The second kappa shape index (κ2) is 8.15. The normalized spacial score (nSPS) is 11.4. The van der Waals surface area contributed by atoms with Crippen molar-refractivity contribution < 1.29 is 23.1 Å². The van der Waals surface area contributed by atoms with E-state index in [1.165, 1.54) is 28.9 Å². The molecule has 0 saturated heterocycles. The van der Waals surface area contributed by atoms with Gasteiger partial charge in [-0.2, -0.15) is 5.10 Å². The Morgan fingerprint density at radius 3 is 2.45 bits per heavy atom. The van der Waals surface area contributed by atoms with Gasteiger partial charge in [-0.25, -0.2) is 23.0 Å². The van der Waals surface area contributed by atoms with Crippen LogP contribution in [0.4, 0.5) is 0 Å². The van der Waals surface area contributed by atoms with E-state index in [1.54, 1.807) is 18.2 Å². The Labute approximate surface area is 180 Å². The molecule has 3 N–H and O–H groups in total. The van der Waals surface area contributed by atoms with Gasteiger partial charge in [-0.15, -0.1) is 0 Å². The van der Waals surface area contributed by atoms with Crippen molar-refractivity contribution in [3.63, 3.8) is 0 Å². The first-order valence-corrected chi connectivity index (χ1v) is 10.9. The van der Waals surface area contributed by atoms with Gasteiger partial charge >= 0.3 is 5.97 Å². The highest BCUT2D eigenvalue weighted by Gasteiger charge is 2.24.